The second-order valence-electron chi connectivity index (χ2n) is 7.44. The Hall–Kier alpha value is -4.03. The maximum absolute atomic E-state index is 12.0. The first kappa shape index (κ1) is 21.2. The predicted molar refractivity (Wildman–Crippen MR) is 128 cm³/mol. The summed E-state index contributed by atoms with van der Waals surface area (Å²) in [7, 11) is 1.54. The lowest BCUT2D eigenvalue weighted by Crippen LogP contribution is -2.21. The quantitative estimate of drug-likeness (QED) is 0.417. The summed E-state index contributed by atoms with van der Waals surface area (Å²) in [5, 5.41) is 6.02. The molecule has 0 aliphatic heterocycles. The van der Waals surface area contributed by atoms with Gasteiger partial charge in [0.2, 0.25) is 0 Å². The molecule has 0 aliphatic carbocycles. The SMILES string of the molecule is CNC(=O)c1nc(-c2cccc(CNCc3ccc(-c4ccccc4)cc3)c2)cnc1N. The fraction of sp³-hybridized carbons (Fsp3) is 0.115. The number of aromatic nitrogens is 2. The Morgan fingerprint density at radius 2 is 1.53 bits per heavy atom. The van der Waals surface area contributed by atoms with Crippen molar-refractivity contribution in [1.29, 1.82) is 0 Å². The van der Waals surface area contributed by atoms with E-state index in [0.717, 1.165) is 17.7 Å². The molecule has 0 saturated heterocycles. The van der Waals surface area contributed by atoms with Gasteiger partial charge in [-0.25, -0.2) is 9.97 Å². The molecule has 4 aromatic rings. The van der Waals surface area contributed by atoms with Crippen LogP contribution in [0.25, 0.3) is 22.4 Å². The summed E-state index contributed by atoms with van der Waals surface area (Å²) >= 11 is 0. The highest BCUT2D eigenvalue weighted by Gasteiger charge is 2.13. The standard InChI is InChI=1S/C26H25N5O/c1-28-26(32)24-25(27)30-17-23(31-24)22-9-5-6-19(14-22)16-29-15-18-10-12-21(13-11-18)20-7-3-2-4-8-20/h2-14,17,29H,15-16H2,1H3,(H2,27,30)(H,28,32). The van der Waals surface area contributed by atoms with Crippen molar-refractivity contribution in [2.45, 2.75) is 13.1 Å². The number of hydrogen-bond acceptors (Lipinski definition) is 5. The maximum Gasteiger partial charge on any atom is 0.273 e. The minimum atomic E-state index is -0.354. The molecular formula is C26H25N5O. The van der Waals surface area contributed by atoms with Crippen molar-refractivity contribution in [3.8, 4) is 22.4 Å². The van der Waals surface area contributed by atoms with Crippen molar-refractivity contribution in [3.63, 3.8) is 0 Å². The Morgan fingerprint density at radius 3 is 2.28 bits per heavy atom. The lowest BCUT2D eigenvalue weighted by Gasteiger charge is -2.09. The second kappa shape index (κ2) is 9.85. The molecule has 0 saturated carbocycles. The van der Waals surface area contributed by atoms with Gasteiger partial charge in [0.05, 0.1) is 11.9 Å². The minimum absolute atomic E-state index is 0.115. The molecule has 1 amide bonds. The highest BCUT2D eigenvalue weighted by molar-refractivity contribution is 5.96. The first-order valence-electron chi connectivity index (χ1n) is 10.4. The van der Waals surface area contributed by atoms with Gasteiger partial charge in [0.1, 0.15) is 0 Å². The zero-order chi connectivity index (χ0) is 22.3. The van der Waals surface area contributed by atoms with Crippen LogP contribution in [-0.4, -0.2) is 22.9 Å². The molecule has 0 fully saturated rings. The lowest BCUT2D eigenvalue weighted by atomic mass is 10.0. The van der Waals surface area contributed by atoms with E-state index in [1.165, 1.54) is 23.7 Å². The van der Waals surface area contributed by atoms with E-state index < -0.39 is 0 Å². The van der Waals surface area contributed by atoms with Crippen LogP contribution in [0, 0.1) is 0 Å². The summed E-state index contributed by atoms with van der Waals surface area (Å²) in [4.78, 5) is 20.5. The highest BCUT2D eigenvalue weighted by atomic mass is 16.1. The number of nitrogen functional groups attached to an aromatic ring is 1. The first-order valence-corrected chi connectivity index (χ1v) is 10.4. The molecule has 4 N–H and O–H groups in total. The Morgan fingerprint density at radius 1 is 0.844 bits per heavy atom. The molecule has 0 atom stereocenters. The summed E-state index contributed by atoms with van der Waals surface area (Å²) in [6, 6.07) is 27.0. The van der Waals surface area contributed by atoms with Gasteiger partial charge < -0.3 is 16.4 Å². The van der Waals surface area contributed by atoms with Gasteiger partial charge in [-0.15, -0.1) is 0 Å². The number of anilines is 1. The van der Waals surface area contributed by atoms with Gasteiger partial charge in [-0.1, -0.05) is 72.8 Å². The van der Waals surface area contributed by atoms with E-state index in [0.29, 0.717) is 12.2 Å². The van der Waals surface area contributed by atoms with Crippen molar-refractivity contribution >= 4 is 11.7 Å². The molecule has 0 unspecified atom stereocenters. The molecule has 160 valence electrons. The second-order valence-corrected chi connectivity index (χ2v) is 7.44. The van der Waals surface area contributed by atoms with Crippen molar-refractivity contribution < 1.29 is 4.79 Å². The smallest absolute Gasteiger partial charge is 0.273 e. The molecule has 0 bridgehead atoms. The number of carbonyl (C=O) groups excluding carboxylic acids is 1. The van der Waals surface area contributed by atoms with Crippen LogP contribution in [0.15, 0.2) is 85.1 Å². The molecule has 1 heterocycles. The van der Waals surface area contributed by atoms with E-state index in [9.17, 15) is 4.79 Å². The molecule has 0 spiro atoms. The van der Waals surface area contributed by atoms with Crippen molar-refractivity contribution in [2.24, 2.45) is 0 Å². The summed E-state index contributed by atoms with van der Waals surface area (Å²) in [5.41, 5.74) is 12.2. The molecular weight excluding hydrogens is 398 g/mol. The van der Waals surface area contributed by atoms with Gasteiger partial charge in [-0.2, -0.15) is 0 Å². The third-order valence-corrected chi connectivity index (χ3v) is 5.18. The molecule has 6 nitrogen and oxygen atoms in total. The fourth-order valence-electron chi connectivity index (χ4n) is 3.46. The van der Waals surface area contributed by atoms with Crippen LogP contribution in [0.5, 0.6) is 0 Å². The zero-order valence-corrected chi connectivity index (χ0v) is 17.9. The number of carbonyl (C=O) groups is 1. The van der Waals surface area contributed by atoms with E-state index in [-0.39, 0.29) is 17.4 Å². The van der Waals surface area contributed by atoms with Crippen LogP contribution < -0.4 is 16.4 Å². The van der Waals surface area contributed by atoms with Crippen molar-refractivity contribution in [3.05, 3.63) is 102 Å². The number of nitrogens with zero attached hydrogens (tertiary/aromatic N) is 2. The Kier molecular flexibility index (Phi) is 6.53. The highest BCUT2D eigenvalue weighted by Crippen LogP contribution is 2.21. The number of benzene rings is 3. The summed E-state index contributed by atoms with van der Waals surface area (Å²) in [5.74, 6) is -0.239. The summed E-state index contributed by atoms with van der Waals surface area (Å²) in [6.45, 7) is 1.47. The molecule has 4 rings (SSSR count). The summed E-state index contributed by atoms with van der Waals surface area (Å²) in [6.07, 6.45) is 1.59. The average molecular weight is 424 g/mol. The first-order chi connectivity index (χ1) is 15.6. The van der Waals surface area contributed by atoms with Gasteiger partial charge in [0.15, 0.2) is 11.5 Å². The maximum atomic E-state index is 12.0. The Balaban J connectivity index is 1.40. The minimum Gasteiger partial charge on any atom is -0.382 e. The molecule has 6 heteroatoms. The number of rotatable bonds is 7. The van der Waals surface area contributed by atoms with Crippen LogP contribution in [0.3, 0.4) is 0 Å². The molecule has 32 heavy (non-hydrogen) atoms. The number of nitrogens with one attached hydrogen (secondary N) is 2. The van der Waals surface area contributed by atoms with Gasteiger partial charge >= 0.3 is 0 Å². The normalized spacial score (nSPS) is 10.7. The van der Waals surface area contributed by atoms with Gasteiger partial charge in [-0.05, 0) is 28.3 Å². The van der Waals surface area contributed by atoms with Crippen molar-refractivity contribution in [2.75, 3.05) is 12.8 Å². The predicted octanol–water partition coefficient (Wildman–Crippen LogP) is 4.04. The van der Waals surface area contributed by atoms with Crippen LogP contribution in [-0.2, 0) is 13.1 Å². The van der Waals surface area contributed by atoms with Crippen LogP contribution in [0.4, 0.5) is 5.82 Å². The van der Waals surface area contributed by atoms with Gasteiger partial charge in [0.25, 0.3) is 5.91 Å². The zero-order valence-electron chi connectivity index (χ0n) is 17.9. The van der Waals surface area contributed by atoms with Crippen molar-refractivity contribution in [1.82, 2.24) is 20.6 Å². The van der Waals surface area contributed by atoms with E-state index in [2.05, 4.69) is 63.1 Å². The average Bonchev–Trinajstić information content (AvgIpc) is 2.85. The van der Waals surface area contributed by atoms with E-state index in [1.54, 1.807) is 6.20 Å². The molecule has 0 aliphatic rings. The topological polar surface area (TPSA) is 92.9 Å². The number of nitrogens with two attached hydrogens (primary N) is 1. The van der Waals surface area contributed by atoms with Crippen LogP contribution in [0.1, 0.15) is 21.6 Å². The fourth-order valence-corrected chi connectivity index (χ4v) is 3.46. The molecule has 0 radical (unpaired) electrons. The third-order valence-electron chi connectivity index (χ3n) is 5.18. The van der Waals surface area contributed by atoms with Crippen LogP contribution >= 0.6 is 0 Å². The number of amides is 1. The lowest BCUT2D eigenvalue weighted by molar-refractivity contribution is 0.0959. The molecule has 1 aromatic heterocycles. The van der Waals surface area contributed by atoms with E-state index >= 15 is 0 Å². The monoisotopic (exact) mass is 423 g/mol. The largest absolute Gasteiger partial charge is 0.382 e. The summed E-state index contributed by atoms with van der Waals surface area (Å²) < 4.78 is 0. The van der Waals surface area contributed by atoms with E-state index in [1.807, 2.05) is 36.4 Å². The third kappa shape index (κ3) is 4.99. The number of hydrogen-bond donors (Lipinski definition) is 3. The molecule has 3 aromatic carbocycles. The Labute approximate surface area is 187 Å². The Bertz CT molecular complexity index is 1210. The van der Waals surface area contributed by atoms with E-state index in [4.69, 9.17) is 5.73 Å². The van der Waals surface area contributed by atoms with Gasteiger partial charge in [-0.3, -0.25) is 4.79 Å². The van der Waals surface area contributed by atoms with Gasteiger partial charge in [0, 0.05) is 25.7 Å². The van der Waals surface area contributed by atoms with Crippen LogP contribution in [0.2, 0.25) is 0 Å².